The van der Waals surface area contributed by atoms with Gasteiger partial charge in [0.15, 0.2) is 0 Å². The molecule has 0 fully saturated rings. The molecule has 0 saturated heterocycles. The van der Waals surface area contributed by atoms with E-state index in [4.69, 9.17) is 4.74 Å². The largest absolute Gasteiger partial charge is 0.462 e. The van der Waals surface area contributed by atoms with Crippen LogP contribution in [0.2, 0.25) is 0 Å². The van der Waals surface area contributed by atoms with Gasteiger partial charge in [-0.05, 0) is 30.0 Å². The highest BCUT2D eigenvalue weighted by atomic mass is 32.1. The van der Waals surface area contributed by atoms with E-state index in [1.54, 1.807) is 24.4 Å². The first-order valence-corrected chi connectivity index (χ1v) is 6.16. The Morgan fingerprint density at radius 3 is 2.94 bits per heavy atom. The van der Waals surface area contributed by atoms with Crippen LogP contribution in [0.4, 0.5) is 4.39 Å². The number of carbonyl (C=O) groups excluding carboxylic acids is 1. The minimum Gasteiger partial charge on any atom is -0.462 e. The molecule has 1 aromatic heterocycles. The maximum atomic E-state index is 13.1. The fourth-order valence-corrected chi connectivity index (χ4v) is 2.37. The average Bonchev–Trinajstić information content (AvgIpc) is 2.78. The molecule has 2 aromatic rings. The Kier molecular flexibility index (Phi) is 3.54. The Labute approximate surface area is 103 Å². The van der Waals surface area contributed by atoms with Crippen molar-refractivity contribution >= 4 is 17.3 Å². The van der Waals surface area contributed by atoms with Crippen LogP contribution in [-0.4, -0.2) is 12.6 Å². The average molecular weight is 250 g/mol. The van der Waals surface area contributed by atoms with Gasteiger partial charge in [0.1, 0.15) is 5.82 Å². The zero-order valence-corrected chi connectivity index (χ0v) is 10.1. The summed E-state index contributed by atoms with van der Waals surface area (Å²) in [5, 5.41) is 3.54. The molecule has 4 heteroatoms. The fourth-order valence-electron chi connectivity index (χ4n) is 1.54. The molecular weight excluding hydrogens is 239 g/mol. The number of hydrogen-bond donors (Lipinski definition) is 0. The molecule has 0 aliphatic carbocycles. The predicted molar refractivity (Wildman–Crippen MR) is 65.7 cm³/mol. The molecule has 0 aliphatic rings. The van der Waals surface area contributed by atoms with E-state index < -0.39 is 0 Å². The van der Waals surface area contributed by atoms with Crippen molar-refractivity contribution in [2.45, 2.75) is 6.92 Å². The lowest BCUT2D eigenvalue weighted by Crippen LogP contribution is -2.04. The van der Waals surface area contributed by atoms with Gasteiger partial charge in [-0.25, -0.2) is 9.18 Å². The molecule has 0 saturated carbocycles. The van der Waals surface area contributed by atoms with Gasteiger partial charge in [0.2, 0.25) is 0 Å². The molecule has 0 spiro atoms. The summed E-state index contributed by atoms with van der Waals surface area (Å²) in [6.45, 7) is 2.09. The van der Waals surface area contributed by atoms with E-state index in [9.17, 15) is 9.18 Å². The SMILES string of the molecule is CCOC(=O)c1cscc1-c1cccc(F)c1. The van der Waals surface area contributed by atoms with E-state index >= 15 is 0 Å². The third kappa shape index (κ3) is 2.53. The maximum Gasteiger partial charge on any atom is 0.339 e. The van der Waals surface area contributed by atoms with Gasteiger partial charge >= 0.3 is 5.97 Å². The molecule has 88 valence electrons. The second-order valence-corrected chi connectivity index (χ2v) is 4.17. The molecule has 1 heterocycles. The van der Waals surface area contributed by atoms with Crippen LogP contribution in [0.25, 0.3) is 11.1 Å². The molecular formula is C13H11FO2S. The predicted octanol–water partition coefficient (Wildman–Crippen LogP) is 3.73. The molecule has 0 amide bonds. The quantitative estimate of drug-likeness (QED) is 0.776. The molecule has 0 N–H and O–H groups in total. The number of halogens is 1. The van der Waals surface area contributed by atoms with E-state index in [0.29, 0.717) is 23.3 Å². The highest BCUT2D eigenvalue weighted by Gasteiger charge is 2.15. The van der Waals surface area contributed by atoms with E-state index in [1.807, 2.05) is 5.38 Å². The van der Waals surface area contributed by atoms with Gasteiger partial charge in [-0.1, -0.05) is 12.1 Å². The lowest BCUT2D eigenvalue weighted by atomic mass is 10.0. The summed E-state index contributed by atoms with van der Waals surface area (Å²) in [6, 6.07) is 6.18. The van der Waals surface area contributed by atoms with E-state index in [-0.39, 0.29) is 11.8 Å². The van der Waals surface area contributed by atoms with Crippen molar-refractivity contribution in [3.8, 4) is 11.1 Å². The number of hydrogen-bond acceptors (Lipinski definition) is 3. The van der Waals surface area contributed by atoms with Gasteiger partial charge < -0.3 is 4.74 Å². The Bertz CT molecular complexity index is 534. The number of thiophene rings is 1. The normalized spacial score (nSPS) is 10.2. The highest BCUT2D eigenvalue weighted by Crippen LogP contribution is 2.28. The second-order valence-electron chi connectivity index (χ2n) is 3.43. The first kappa shape index (κ1) is 11.8. The van der Waals surface area contributed by atoms with Crippen LogP contribution in [0.15, 0.2) is 35.0 Å². The topological polar surface area (TPSA) is 26.3 Å². The maximum absolute atomic E-state index is 13.1. The van der Waals surface area contributed by atoms with Gasteiger partial charge in [0, 0.05) is 10.9 Å². The molecule has 0 radical (unpaired) electrons. The molecule has 2 rings (SSSR count). The fraction of sp³-hybridized carbons (Fsp3) is 0.154. The van der Waals surface area contributed by atoms with Gasteiger partial charge in [0.05, 0.1) is 12.2 Å². The van der Waals surface area contributed by atoms with E-state index in [1.165, 1.54) is 23.5 Å². The third-order valence-electron chi connectivity index (χ3n) is 2.29. The number of benzene rings is 1. The minimum atomic E-state index is -0.368. The van der Waals surface area contributed by atoms with Crippen LogP contribution in [-0.2, 0) is 4.74 Å². The molecule has 0 aliphatic heterocycles. The van der Waals surface area contributed by atoms with E-state index in [2.05, 4.69) is 0 Å². The molecule has 0 unspecified atom stereocenters. The lowest BCUT2D eigenvalue weighted by Gasteiger charge is -2.04. The van der Waals surface area contributed by atoms with Crippen molar-refractivity contribution in [2.75, 3.05) is 6.61 Å². The zero-order valence-electron chi connectivity index (χ0n) is 9.27. The Morgan fingerprint density at radius 2 is 2.24 bits per heavy atom. The Hall–Kier alpha value is -1.68. The van der Waals surface area contributed by atoms with Gasteiger partial charge in [-0.15, -0.1) is 0 Å². The van der Waals surface area contributed by atoms with Crippen molar-refractivity contribution in [3.63, 3.8) is 0 Å². The van der Waals surface area contributed by atoms with E-state index in [0.717, 1.165) is 0 Å². The van der Waals surface area contributed by atoms with Crippen LogP contribution in [0.5, 0.6) is 0 Å². The van der Waals surface area contributed by atoms with Gasteiger partial charge in [-0.2, -0.15) is 11.3 Å². The smallest absolute Gasteiger partial charge is 0.339 e. The summed E-state index contributed by atoms with van der Waals surface area (Å²) >= 11 is 1.40. The summed E-state index contributed by atoms with van der Waals surface area (Å²) in [6.07, 6.45) is 0. The summed E-state index contributed by atoms with van der Waals surface area (Å²) in [5.41, 5.74) is 1.89. The van der Waals surface area contributed by atoms with Crippen molar-refractivity contribution in [3.05, 3.63) is 46.4 Å². The van der Waals surface area contributed by atoms with Gasteiger partial charge in [0.25, 0.3) is 0 Å². The van der Waals surface area contributed by atoms with Crippen molar-refractivity contribution in [1.29, 1.82) is 0 Å². The van der Waals surface area contributed by atoms with Crippen molar-refractivity contribution < 1.29 is 13.9 Å². The molecule has 2 nitrogen and oxygen atoms in total. The Balaban J connectivity index is 2.40. The van der Waals surface area contributed by atoms with Crippen molar-refractivity contribution in [1.82, 2.24) is 0 Å². The van der Waals surface area contributed by atoms with Crippen LogP contribution in [0, 0.1) is 5.82 Å². The summed E-state index contributed by atoms with van der Waals surface area (Å²) in [7, 11) is 0. The molecule has 17 heavy (non-hydrogen) atoms. The lowest BCUT2D eigenvalue weighted by molar-refractivity contribution is 0.0528. The highest BCUT2D eigenvalue weighted by molar-refractivity contribution is 7.08. The molecule has 0 bridgehead atoms. The zero-order chi connectivity index (χ0) is 12.3. The van der Waals surface area contributed by atoms with Crippen LogP contribution < -0.4 is 0 Å². The first-order chi connectivity index (χ1) is 8.22. The number of rotatable bonds is 3. The third-order valence-corrected chi connectivity index (χ3v) is 3.04. The summed E-state index contributed by atoms with van der Waals surface area (Å²) in [4.78, 5) is 11.7. The van der Waals surface area contributed by atoms with Gasteiger partial charge in [-0.3, -0.25) is 0 Å². The first-order valence-electron chi connectivity index (χ1n) is 5.21. The minimum absolute atomic E-state index is 0.316. The summed E-state index contributed by atoms with van der Waals surface area (Å²) < 4.78 is 18.1. The van der Waals surface area contributed by atoms with Crippen LogP contribution in [0.3, 0.4) is 0 Å². The molecule has 0 atom stereocenters. The number of esters is 1. The number of ether oxygens (including phenoxy) is 1. The van der Waals surface area contributed by atoms with Crippen molar-refractivity contribution in [2.24, 2.45) is 0 Å². The summed E-state index contributed by atoms with van der Waals surface area (Å²) in [5.74, 6) is -0.684. The monoisotopic (exact) mass is 250 g/mol. The Morgan fingerprint density at radius 1 is 1.41 bits per heavy atom. The number of carbonyl (C=O) groups is 1. The van der Waals surface area contributed by atoms with Crippen LogP contribution >= 0.6 is 11.3 Å². The second kappa shape index (κ2) is 5.10. The molecule has 1 aromatic carbocycles. The standard InChI is InChI=1S/C13H11FO2S/c1-2-16-13(15)12-8-17-7-11(12)9-4-3-5-10(14)6-9/h3-8H,2H2,1H3. The van der Waals surface area contributed by atoms with Crippen LogP contribution in [0.1, 0.15) is 17.3 Å².